The van der Waals surface area contributed by atoms with Gasteiger partial charge in [0.2, 0.25) is 11.8 Å². The fourth-order valence-corrected chi connectivity index (χ4v) is 2.30. The molecular formula is C11H11N3O4. The Kier molecular flexibility index (Phi) is 2.24. The molecule has 0 radical (unpaired) electrons. The van der Waals surface area contributed by atoms with Gasteiger partial charge >= 0.3 is 5.91 Å². The van der Waals surface area contributed by atoms with Crippen molar-refractivity contribution in [3.8, 4) is 0 Å². The van der Waals surface area contributed by atoms with E-state index in [1.807, 2.05) is 5.43 Å². The van der Waals surface area contributed by atoms with Gasteiger partial charge in [-0.1, -0.05) is 0 Å². The van der Waals surface area contributed by atoms with E-state index in [-0.39, 0.29) is 36.0 Å². The number of hydrogen-bond donors (Lipinski definition) is 2. The highest BCUT2D eigenvalue weighted by molar-refractivity contribution is 6.08. The van der Waals surface area contributed by atoms with Gasteiger partial charge in [0.1, 0.15) is 0 Å². The number of rotatable bonds is 3. The zero-order valence-electron chi connectivity index (χ0n) is 9.38. The van der Waals surface area contributed by atoms with Crippen LogP contribution in [0.15, 0.2) is 16.7 Å². The highest BCUT2D eigenvalue weighted by atomic mass is 16.3. The van der Waals surface area contributed by atoms with Crippen molar-refractivity contribution in [1.29, 1.82) is 0 Å². The molecule has 3 N–H and O–H groups in total. The number of nitrogens with two attached hydrogens (primary N) is 1. The summed E-state index contributed by atoms with van der Waals surface area (Å²) in [6.07, 6.45) is 1.99. The average molecular weight is 249 g/mol. The summed E-state index contributed by atoms with van der Waals surface area (Å²) in [5.74, 6) is 3.85. The van der Waals surface area contributed by atoms with E-state index in [1.165, 1.54) is 11.2 Å². The van der Waals surface area contributed by atoms with Crippen molar-refractivity contribution in [2.24, 2.45) is 17.7 Å². The summed E-state index contributed by atoms with van der Waals surface area (Å²) >= 11 is 0. The van der Waals surface area contributed by atoms with Crippen molar-refractivity contribution in [3.63, 3.8) is 0 Å². The van der Waals surface area contributed by atoms with Crippen LogP contribution in [0.3, 0.4) is 0 Å². The van der Waals surface area contributed by atoms with Crippen molar-refractivity contribution >= 4 is 17.7 Å². The summed E-state index contributed by atoms with van der Waals surface area (Å²) in [7, 11) is 0. The number of carbonyl (C=O) groups excluding carboxylic acids is 3. The number of hydrogen-bond acceptors (Lipinski definition) is 5. The van der Waals surface area contributed by atoms with Gasteiger partial charge in [-0.2, -0.15) is 0 Å². The molecule has 94 valence electrons. The molecule has 1 aliphatic heterocycles. The third-order valence-corrected chi connectivity index (χ3v) is 3.37. The number of imide groups is 1. The van der Waals surface area contributed by atoms with Gasteiger partial charge in [-0.25, -0.2) is 5.84 Å². The van der Waals surface area contributed by atoms with Crippen LogP contribution < -0.4 is 11.3 Å². The summed E-state index contributed by atoms with van der Waals surface area (Å²) < 4.78 is 4.99. The lowest BCUT2D eigenvalue weighted by atomic mass is 10.2. The van der Waals surface area contributed by atoms with Crippen LogP contribution in [0.25, 0.3) is 0 Å². The second-order valence-electron chi connectivity index (χ2n) is 4.46. The van der Waals surface area contributed by atoms with Crippen LogP contribution in [0, 0.1) is 11.8 Å². The van der Waals surface area contributed by atoms with Crippen LogP contribution in [-0.2, 0) is 16.1 Å². The first-order valence-corrected chi connectivity index (χ1v) is 5.56. The van der Waals surface area contributed by atoms with E-state index >= 15 is 0 Å². The van der Waals surface area contributed by atoms with Crippen LogP contribution in [0.5, 0.6) is 0 Å². The third kappa shape index (κ3) is 1.44. The molecule has 7 heteroatoms. The Labute approximate surface area is 102 Å². The first-order chi connectivity index (χ1) is 8.63. The lowest BCUT2D eigenvalue weighted by Gasteiger charge is -2.15. The second-order valence-corrected chi connectivity index (χ2v) is 4.46. The Morgan fingerprint density at radius 2 is 2.11 bits per heavy atom. The van der Waals surface area contributed by atoms with E-state index < -0.39 is 5.91 Å². The highest BCUT2D eigenvalue weighted by Crippen LogP contribution is 2.47. The summed E-state index contributed by atoms with van der Waals surface area (Å²) in [6.45, 7) is 0.0594. The van der Waals surface area contributed by atoms with Crippen molar-refractivity contribution in [2.75, 3.05) is 0 Å². The van der Waals surface area contributed by atoms with Gasteiger partial charge in [-0.3, -0.25) is 24.7 Å². The number of hydrazine groups is 1. The van der Waals surface area contributed by atoms with E-state index in [2.05, 4.69) is 0 Å². The number of nitrogens with zero attached hydrogens (tertiary/aromatic N) is 1. The van der Waals surface area contributed by atoms with Gasteiger partial charge in [-0.05, 0) is 12.5 Å². The number of likely N-dealkylation sites (tertiary alicyclic amines) is 1. The molecule has 2 aliphatic rings. The summed E-state index contributed by atoms with van der Waals surface area (Å²) in [4.78, 5) is 36.1. The molecular weight excluding hydrogens is 238 g/mol. The molecule has 0 bridgehead atoms. The number of amides is 3. The first-order valence-electron chi connectivity index (χ1n) is 5.56. The van der Waals surface area contributed by atoms with E-state index in [1.54, 1.807) is 6.07 Å². The number of nitrogen functional groups attached to an aromatic ring is 1. The normalized spacial score (nSPS) is 25.3. The lowest BCUT2D eigenvalue weighted by Crippen LogP contribution is -2.34. The topological polar surface area (TPSA) is 106 Å². The number of fused-ring (bicyclic) bond motifs is 1. The quantitative estimate of drug-likeness (QED) is 0.321. The van der Waals surface area contributed by atoms with Crippen LogP contribution >= 0.6 is 0 Å². The maximum Gasteiger partial charge on any atom is 0.301 e. The third-order valence-electron chi connectivity index (χ3n) is 3.37. The molecule has 1 aliphatic carbocycles. The number of furan rings is 1. The van der Waals surface area contributed by atoms with E-state index in [9.17, 15) is 14.4 Å². The van der Waals surface area contributed by atoms with Crippen LogP contribution in [0.4, 0.5) is 0 Å². The predicted octanol–water partition coefficient (Wildman–Crippen LogP) is -0.612. The van der Waals surface area contributed by atoms with Crippen molar-refractivity contribution < 1.29 is 18.8 Å². The molecule has 2 fully saturated rings. The van der Waals surface area contributed by atoms with Crippen LogP contribution in [-0.4, -0.2) is 22.6 Å². The van der Waals surface area contributed by atoms with E-state index in [0.29, 0.717) is 12.0 Å². The van der Waals surface area contributed by atoms with Gasteiger partial charge in [0.05, 0.1) is 24.6 Å². The lowest BCUT2D eigenvalue weighted by molar-refractivity contribution is -0.142. The zero-order chi connectivity index (χ0) is 12.9. The molecule has 7 nitrogen and oxygen atoms in total. The monoisotopic (exact) mass is 249 g/mol. The Hall–Kier alpha value is -2.15. The summed E-state index contributed by atoms with van der Waals surface area (Å²) in [6, 6.07) is 1.55. The first kappa shape index (κ1) is 11.0. The number of carbonyl (C=O) groups is 3. The molecule has 2 heterocycles. The largest absolute Gasteiger partial charge is 0.459 e. The van der Waals surface area contributed by atoms with Crippen LogP contribution in [0.1, 0.15) is 22.5 Å². The Balaban J connectivity index is 1.81. The highest BCUT2D eigenvalue weighted by Gasteiger charge is 2.58. The molecule has 3 amide bonds. The van der Waals surface area contributed by atoms with Crippen molar-refractivity contribution in [2.45, 2.75) is 13.0 Å². The molecule has 1 saturated heterocycles. The maximum atomic E-state index is 11.8. The van der Waals surface area contributed by atoms with E-state index in [0.717, 1.165) is 0 Å². The standard InChI is InChI=1S/C11H11N3O4/c12-13-9(15)8-5(1-2-18-8)4-14-10(16)6-3-7(6)11(14)17/h1-2,6-7H,3-4,12H2,(H,13,15). The molecule has 2 unspecified atom stereocenters. The molecule has 1 saturated carbocycles. The SMILES string of the molecule is NNC(=O)c1occc1CN1C(=O)C2CC2C1=O. The minimum Gasteiger partial charge on any atom is -0.459 e. The molecule has 18 heavy (non-hydrogen) atoms. The van der Waals surface area contributed by atoms with Crippen molar-refractivity contribution in [1.82, 2.24) is 10.3 Å². The fourth-order valence-electron chi connectivity index (χ4n) is 2.30. The zero-order valence-corrected chi connectivity index (χ0v) is 9.38. The second kappa shape index (κ2) is 3.67. The van der Waals surface area contributed by atoms with Gasteiger partial charge < -0.3 is 4.42 Å². The van der Waals surface area contributed by atoms with Gasteiger partial charge in [0, 0.05) is 5.56 Å². The van der Waals surface area contributed by atoms with Gasteiger partial charge in [0.15, 0.2) is 5.76 Å². The average Bonchev–Trinajstić information content (AvgIpc) is 2.98. The van der Waals surface area contributed by atoms with Gasteiger partial charge in [0.25, 0.3) is 0 Å². The number of nitrogens with one attached hydrogen (secondary N) is 1. The molecule has 2 atom stereocenters. The fraction of sp³-hybridized carbons (Fsp3) is 0.364. The Morgan fingerprint density at radius 1 is 1.44 bits per heavy atom. The Morgan fingerprint density at radius 3 is 2.72 bits per heavy atom. The summed E-state index contributed by atoms with van der Waals surface area (Å²) in [5, 5.41) is 0. The molecule has 0 aromatic carbocycles. The molecule has 1 aromatic heterocycles. The molecule has 0 spiro atoms. The molecule has 3 rings (SSSR count). The van der Waals surface area contributed by atoms with Gasteiger partial charge in [-0.15, -0.1) is 0 Å². The number of piperidine rings is 1. The predicted molar refractivity (Wildman–Crippen MR) is 57.5 cm³/mol. The summed E-state index contributed by atoms with van der Waals surface area (Å²) in [5.41, 5.74) is 2.42. The smallest absolute Gasteiger partial charge is 0.301 e. The molecule has 1 aromatic rings. The van der Waals surface area contributed by atoms with Crippen molar-refractivity contribution in [3.05, 3.63) is 23.7 Å². The van der Waals surface area contributed by atoms with Crippen LogP contribution in [0.2, 0.25) is 0 Å². The minimum atomic E-state index is -0.584. The maximum absolute atomic E-state index is 11.8. The minimum absolute atomic E-state index is 0.0265. The Bertz CT molecular complexity index is 530. The van der Waals surface area contributed by atoms with E-state index in [4.69, 9.17) is 10.3 Å².